The highest BCUT2D eigenvalue weighted by Crippen LogP contribution is 2.58. The summed E-state index contributed by atoms with van der Waals surface area (Å²) in [5.74, 6) is 0.0506. The van der Waals surface area contributed by atoms with Crippen molar-refractivity contribution in [1.29, 1.82) is 0 Å². The van der Waals surface area contributed by atoms with E-state index in [-0.39, 0.29) is 17.7 Å². The molecular weight excluding hydrogens is 390 g/mol. The van der Waals surface area contributed by atoms with Crippen LogP contribution in [0.2, 0.25) is 0 Å². The van der Waals surface area contributed by atoms with Crippen molar-refractivity contribution in [2.24, 2.45) is 10.8 Å². The maximum atomic E-state index is 13.3. The highest BCUT2D eigenvalue weighted by Gasteiger charge is 2.66. The molecule has 0 radical (unpaired) electrons. The molecule has 0 N–H and O–H groups in total. The Balaban J connectivity index is 1.64. The summed E-state index contributed by atoms with van der Waals surface area (Å²) in [5.41, 5.74) is -1.17. The Bertz CT molecular complexity index is 844. The number of piperidine rings is 1. The molecular formula is C17H29N3O5S2. The van der Waals surface area contributed by atoms with Crippen LogP contribution in [-0.4, -0.2) is 87.0 Å². The number of sulfonamides is 2. The van der Waals surface area contributed by atoms with Crippen LogP contribution < -0.4 is 0 Å². The van der Waals surface area contributed by atoms with Crippen LogP contribution >= 0.6 is 0 Å². The van der Waals surface area contributed by atoms with Crippen LogP contribution in [0.3, 0.4) is 0 Å². The topological polar surface area (TPSA) is 95.1 Å². The minimum Gasteiger partial charge on any atom is -0.342 e. The second-order valence-corrected chi connectivity index (χ2v) is 12.9. The molecule has 0 bridgehead atoms. The van der Waals surface area contributed by atoms with Crippen LogP contribution in [0.15, 0.2) is 0 Å². The first-order valence-corrected chi connectivity index (χ1v) is 13.1. The second kappa shape index (κ2) is 6.14. The monoisotopic (exact) mass is 419 g/mol. The molecule has 2 spiro atoms. The number of likely N-dealkylation sites (tertiary alicyclic amines) is 1. The van der Waals surface area contributed by atoms with Gasteiger partial charge in [-0.05, 0) is 39.0 Å². The molecule has 1 aliphatic carbocycles. The van der Waals surface area contributed by atoms with Gasteiger partial charge in [-0.15, -0.1) is 0 Å². The zero-order chi connectivity index (χ0) is 19.7. The SMILES string of the molecule is CCN1CC[C@]2(CN(S(C)(=O)=O)CC23CCN(S(=O)(=O)C2CC2)CC3)C1=O. The number of nitrogens with zero attached hydrogens (tertiary/aromatic N) is 3. The van der Waals surface area contributed by atoms with Crippen molar-refractivity contribution in [3.63, 3.8) is 0 Å². The van der Waals surface area contributed by atoms with Gasteiger partial charge in [-0.2, -0.15) is 0 Å². The zero-order valence-electron chi connectivity index (χ0n) is 16.1. The van der Waals surface area contributed by atoms with Crippen LogP contribution in [0, 0.1) is 10.8 Å². The molecule has 27 heavy (non-hydrogen) atoms. The molecule has 3 aliphatic heterocycles. The summed E-state index contributed by atoms with van der Waals surface area (Å²) in [4.78, 5) is 15.1. The Morgan fingerprint density at radius 2 is 1.59 bits per heavy atom. The smallest absolute Gasteiger partial charge is 0.230 e. The van der Waals surface area contributed by atoms with E-state index in [9.17, 15) is 21.6 Å². The Kier molecular flexibility index (Phi) is 4.46. The Morgan fingerprint density at radius 3 is 2.07 bits per heavy atom. The van der Waals surface area contributed by atoms with Crippen molar-refractivity contribution in [1.82, 2.24) is 13.5 Å². The molecule has 8 nitrogen and oxygen atoms in total. The molecule has 4 rings (SSSR count). The molecule has 4 aliphatic rings. The van der Waals surface area contributed by atoms with E-state index in [2.05, 4.69) is 0 Å². The van der Waals surface area contributed by atoms with Crippen LogP contribution in [0.5, 0.6) is 0 Å². The maximum absolute atomic E-state index is 13.3. The summed E-state index contributed by atoms with van der Waals surface area (Å²) in [6.45, 7) is 4.55. The van der Waals surface area contributed by atoms with Crippen LogP contribution in [0.25, 0.3) is 0 Å². The number of fused-ring (bicyclic) bond motifs is 1. The van der Waals surface area contributed by atoms with Crippen LogP contribution in [0.4, 0.5) is 0 Å². The lowest BCUT2D eigenvalue weighted by atomic mass is 9.60. The Morgan fingerprint density at radius 1 is 0.963 bits per heavy atom. The van der Waals surface area contributed by atoms with Gasteiger partial charge < -0.3 is 4.90 Å². The number of carbonyl (C=O) groups is 1. The first-order valence-electron chi connectivity index (χ1n) is 9.79. The number of hydrogen-bond acceptors (Lipinski definition) is 5. The molecule has 1 atom stereocenters. The van der Waals surface area contributed by atoms with Crippen molar-refractivity contribution >= 4 is 26.0 Å². The van der Waals surface area contributed by atoms with Crippen molar-refractivity contribution in [3.05, 3.63) is 0 Å². The van der Waals surface area contributed by atoms with Gasteiger partial charge in [0, 0.05) is 44.7 Å². The highest BCUT2D eigenvalue weighted by molar-refractivity contribution is 7.90. The fraction of sp³-hybridized carbons (Fsp3) is 0.941. The average Bonchev–Trinajstić information content (AvgIpc) is 3.35. The van der Waals surface area contributed by atoms with E-state index in [0.717, 1.165) is 12.8 Å². The van der Waals surface area contributed by atoms with Gasteiger partial charge in [-0.25, -0.2) is 25.4 Å². The third-order valence-corrected chi connectivity index (χ3v) is 10.9. The zero-order valence-corrected chi connectivity index (χ0v) is 17.7. The molecule has 4 fully saturated rings. The van der Waals surface area contributed by atoms with Crippen LogP contribution in [-0.2, 0) is 24.8 Å². The van der Waals surface area contributed by atoms with E-state index in [0.29, 0.717) is 52.0 Å². The van der Waals surface area contributed by atoms with E-state index in [4.69, 9.17) is 0 Å². The van der Waals surface area contributed by atoms with Crippen molar-refractivity contribution < 1.29 is 21.6 Å². The van der Waals surface area contributed by atoms with Gasteiger partial charge in [0.25, 0.3) is 0 Å². The molecule has 0 aromatic carbocycles. The van der Waals surface area contributed by atoms with E-state index in [1.165, 1.54) is 10.6 Å². The summed E-state index contributed by atoms with van der Waals surface area (Å²) in [6.07, 6.45) is 4.42. The van der Waals surface area contributed by atoms with Gasteiger partial charge in [-0.1, -0.05) is 0 Å². The third-order valence-electron chi connectivity index (χ3n) is 7.28. The van der Waals surface area contributed by atoms with Gasteiger partial charge in [0.15, 0.2) is 0 Å². The summed E-state index contributed by atoms with van der Waals surface area (Å²) >= 11 is 0. The molecule has 1 amide bonds. The third kappa shape index (κ3) is 2.86. The maximum Gasteiger partial charge on any atom is 0.230 e. The molecule has 3 saturated heterocycles. The van der Waals surface area contributed by atoms with E-state index in [1.54, 1.807) is 4.31 Å². The lowest BCUT2D eigenvalue weighted by Gasteiger charge is -2.46. The first-order chi connectivity index (χ1) is 12.6. The van der Waals surface area contributed by atoms with Gasteiger partial charge in [0.05, 0.1) is 16.9 Å². The quantitative estimate of drug-likeness (QED) is 0.643. The first kappa shape index (κ1) is 19.6. The predicted molar refractivity (Wildman–Crippen MR) is 101 cm³/mol. The average molecular weight is 420 g/mol. The lowest BCUT2D eigenvalue weighted by molar-refractivity contribution is -0.141. The summed E-state index contributed by atoms with van der Waals surface area (Å²) in [6, 6.07) is 0. The Hall–Kier alpha value is -0.710. The second-order valence-electron chi connectivity index (χ2n) is 8.67. The number of rotatable bonds is 4. The number of hydrogen-bond donors (Lipinski definition) is 0. The summed E-state index contributed by atoms with van der Waals surface area (Å²) in [5, 5.41) is -0.236. The highest BCUT2D eigenvalue weighted by atomic mass is 32.2. The molecule has 0 unspecified atom stereocenters. The number of amides is 1. The van der Waals surface area contributed by atoms with Gasteiger partial charge in [0.1, 0.15) is 0 Å². The minimum absolute atomic E-state index is 0.0506. The van der Waals surface area contributed by atoms with E-state index < -0.39 is 30.9 Å². The van der Waals surface area contributed by atoms with Gasteiger partial charge in [0.2, 0.25) is 26.0 Å². The molecule has 0 aromatic rings. The van der Waals surface area contributed by atoms with Crippen LogP contribution in [0.1, 0.15) is 39.0 Å². The molecule has 3 heterocycles. The normalized spacial score (nSPS) is 32.8. The summed E-state index contributed by atoms with van der Waals surface area (Å²) in [7, 11) is -6.64. The summed E-state index contributed by atoms with van der Waals surface area (Å²) < 4.78 is 52.8. The Labute approximate surface area is 162 Å². The van der Waals surface area contributed by atoms with E-state index >= 15 is 0 Å². The molecule has 10 heteroatoms. The fourth-order valence-electron chi connectivity index (χ4n) is 5.41. The van der Waals surface area contributed by atoms with E-state index in [1.807, 2.05) is 11.8 Å². The van der Waals surface area contributed by atoms with Gasteiger partial charge in [-0.3, -0.25) is 4.79 Å². The lowest BCUT2D eigenvalue weighted by Crippen LogP contribution is -2.54. The largest absolute Gasteiger partial charge is 0.342 e. The predicted octanol–water partition coefficient (Wildman–Crippen LogP) is 0.0746. The minimum atomic E-state index is -3.40. The molecule has 1 saturated carbocycles. The fourth-order valence-corrected chi connectivity index (χ4v) is 8.19. The number of carbonyl (C=O) groups excluding carboxylic acids is 1. The van der Waals surface area contributed by atoms with Crippen molar-refractivity contribution in [3.8, 4) is 0 Å². The van der Waals surface area contributed by atoms with Crippen molar-refractivity contribution in [2.45, 2.75) is 44.3 Å². The molecule has 154 valence electrons. The van der Waals surface area contributed by atoms with Crippen molar-refractivity contribution in [2.75, 3.05) is 45.5 Å². The van der Waals surface area contributed by atoms with Gasteiger partial charge >= 0.3 is 0 Å². The standard InChI is InChI=1S/C17H29N3O5S2/c1-3-18-9-8-17(15(18)21)13-20(26(2,22)23)12-16(17)6-10-19(11-7-16)27(24,25)14-4-5-14/h14H,3-13H2,1-2H3/t17-/m0/s1. The molecule has 0 aromatic heterocycles.